The minimum absolute atomic E-state index is 0.153. The average Bonchev–Trinajstić information content (AvgIpc) is 3.45. The minimum Gasteiger partial charge on any atom is -0.505 e. The Morgan fingerprint density at radius 2 is 1.46 bits per heavy atom. The number of rotatable bonds is 9. The van der Waals surface area contributed by atoms with Crippen LogP contribution in [0.25, 0.3) is 0 Å². The van der Waals surface area contributed by atoms with Gasteiger partial charge < -0.3 is 19.2 Å². The van der Waals surface area contributed by atoms with Crippen molar-refractivity contribution < 1.29 is 33.2 Å². The predicted molar refractivity (Wildman–Crippen MR) is 217 cm³/mol. The van der Waals surface area contributed by atoms with Gasteiger partial charge in [-0.05, 0) is 81.3 Å². The van der Waals surface area contributed by atoms with Crippen molar-refractivity contribution in [3.63, 3.8) is 0 Å². The lowest BCUT2D eigenvalue weighted by Crippen LogP contribution is -2.66. The summed E-state index contributed by atoms with van der Waals surface area (Å²) < 4.78 is 28.3. The number of carbonyl (C=O) groups is 2. The van der Waals surface area contributed by atoms with Crippen molar-refractivity contribution in [3.05, 3.63) is 137 Å². The fourth-order valence-electron chi connectivity index (χ4n) is 10.0. The highest BCUT2D eigenvalue weighted by atomic mass is 28.4. The van der Waals surface area contributed by atoms with Gasteiger partial charge in [0, 0.05) is 25.7 Å². The zero-order valence-corrected chi connectivity index (χ0v) is 33.3. The molecule has 0 bridgehead atoms. The second kappa shape index (κ2) is 15.5. The molecule has 0 saturated carbocycles. The average molecular weight is 773 g/mol. The Morgan fingerprint density at radius 3 is 2.05 bits per heavy atom. The number of likely N-dealkylation sites (tertiary alicyclic amines) is 2. The molecule has 4 aromatic carbocycles. The van der Waals surface area contributed by atoms with E-state index in [1.165, 1.54) is 17.7 Å². The SMILES string of the molecule is CC(C)(C)[Si](OCC1=C2B(O)O[C@H](c3ccc(O)c(F)c3)C[C@H]2[C@H]2C(=O)N(C3CCN(Cc4ccccc4)CC3)C(=O)[C@H]2C1)(c1ccccc1)c1ccccc1. The van der Waals surface area contributed by atoms with Crippen LogP contribution in [0.1, 0.15) is 63.7 Å². The second-order valence-electron chi connectivity index (χ2n) is 16.9. The lowest BCUT2D eigenvalue weighted by atomic mass is 9.55. The van der Waals surface area contributed by atoms with E-state index in [9.17, 15) is 24.1 Å². The van der Waals surface area contributed by atoms with Gasteiger partial charge in [-0.3, -0.25) is 19.4 Å². The van der Waals surface area contributed by atoms with Crippen LogP contribution in [0.15, 0.2) is 120 Å². The van der Waals surface area contributed by atoms with E-state index in [-0.39, 0.29) is 42.3 Å². The van der Waals surface area contributed by atoms with E-state index in [1.807, 2.05) is 54.6 Å². The smallest absolute Gasteiger partial charge is 0.487 e. The Kier molecular flexibility index (Phi) is 10.7. The van der Waals surface area contributed by atoms with E-state index < -0.39 is 50.9 Å². The second-order valence-corrected chi connectivity index (χ2v) is 21.2. The first kappa shape index (κ1) is 38.5. The van der Waals surface area contributed by atoms with Crippen LogP contribution < -0.4 is 10.4 Å². The first-order valence-electron chi connectivity index (χ1n) is 19.9. The molecule has 2 amide bonds. The molecule has 56 heavy (non-hydrogen) atoms. The predicted octanol–water partition coefficient (Wildman–Crippen LogP) is 6.17. The summed E-state index contributed by atoms with van der Waals surface area (Å²) in [5, 5.41) is 23.7. The molecule has 8 nitrogen and oxygen atoms in total. The Morgan fingerprint density at radius 1 is 0.857 bits per heavy atom. The van der Waals surface area contributed by atoms with Crippen LogP contribution in [0.5, 0.6) is 5.75 Å². The number of phenols is 1. The minimum atomic E-state index is -3.02. The monoisotopic (exact) mass is 772 g/mol. The van der Waals surface area contributed by atoms with E-state index >= 15 is 0 Å². The van der Waals surface area contributed by atoms with Crippen molar-refractivity contribution in [1.29, 1.82) is 0 Å². The van der Waals surface area contributed by atoms with Gasteiger partial charge in [0.05, 0.1) is 24.5 Å². The molecular formula is C45H50BFN2O6Si. The summed E-state index contributed by atoms with van der Waals surface area (Å²) in [6, 6.07) is 34.8. The topological polar surface area (TPSA) is 99.5 Å². The molecule has 0 aromatic heterocycles. The van der Waals surface area contributed by atoms with Gasteiger partial charge in [0.1, 0.15) is 0 Å². The Hall–Kier alpha value is -4.39. The van der Waals surface area contributed by atoms with Crippen LogP contribution in [0.3, 0.4) is 0 Å². The third kappa shape index (κ3) is 6.98. The first-order chi connectivity index (χ1) is 27.0. The summed E-state index contributed by atoms with van der Waals surface area (Å²) in [7, 11) is -4.41. The van der Waals surface area contributed by atoms with Crippen LogP contribution in [-0.4, -0.2) is 72.9 Å². The van der Waals surface area contributed by atoms with Gasteiger partial charge in [-0.1, -0.05) is 118 Å². The number of amides is 2. The van der Waals surface area contributed by atoms with Crippen LogP contribution in [0.2, 0.25) is 5.04 Å². The normalized spacial score (nSPS) is 23.7. The van der Waals surface area contributed by atoms with Crippen molar-refractivity contribution >= 4 is 37.6 Å². The van der Waals surface area contributed by atoms with Gasteiger partial charge in [-0.2, -0.15) is 0 Å². The number of phenolic OH excluding ortho intramolecular Hbond substituents is 1. The Bertz CT molecular complexity index is 2050. The maximum Gasteiger partial charge on any atom is 0.487 e. The van der Waals surface area contributed by atoms with Crippen molar-refractivity contribution in [1.82, 2.24) is 9.80 Å². The van der Waals surface area contributed by atoms with Crippen LogP contribution >= 0.6 is 0 Å². The van der Waals surface area contributed by atoms with Crippen LogP contribution in [0, 0.1) is 23.6 Å². The molecule has 290 valence electrons. The van der Waals surface area contributed by atoms with Gasteiger partial charge in [-0.15, -0.1) is 0 Å². The molecule has 3 aliphatic heterocycles. The highest BCUT2D eigenvalue weighted by Gasteiger charge is 2.59. The van der Waals surface area contributed by atoms with Crippen LogP contribution in [0.4, 0.5) is 4.39 Å². The maximum atomic E-state index is 14.7. The summed E-state index contributed by atoms with van der Waals surface area (Å²) in [6.45, 7) is 9.15. The molecule has 0 spiro atoms. The summed E-state index contributed by atoms with van der Waals surface area (Å²) in [5.41, 5.74) is 3.07. The van der Waals surface area contributed by atoms with Crippen LogP contribution in [-0.2, 0) is 25.2 Å². The van der Waals surface area contributed by atoms with E-state index in [2.05, 4.69) is 62.1 Å². The number of carbonyl (C=O) groups excluding carboxylic acids is 2. The molecular weight excluding hydrogens is 722 g/mol. The van der Waals surface area contributed by atoms with Gasteiger partial charge in [0.2, 0.25) is 11.8 Å². The summed E-state index contributed by atoms with van der Waals surface area (Å²) in [4.78, 5) is 33.2. The molecule has 11 heteroatoms. The maximum absolute atomic E-state index is 14.7. The van der Waals surface area contributed by atoms with Gasteiger partial charge in [-0.25, -0.2) is 4.39 Å². The lowest BCUT2D eigenvalue weighted by molar-refractivity contribution is -0.144. The van der Waals surface area contributed by atoms with E-state index in [0.717, 1.165) is 35.6 Å². The van der Waals surface area contributed by atoms with E-state index in [1.54, 1.807) is 11.0 Å². The molecule has 2 N–H and O–H groups in total. The lowest BCUT2D eigenvalue weighted by Gasteiger charge is -2.45. The van der Waals surface area contributed by atoms with E-state index in [4.69, 9.17) is 9.08 Å². The zero-order chi connectivity index (χ0) is 39.2. The quantitative estimate of drug-likeness (QED) is 0.155. The van der Waals surface area contributed by atoms with E-state index in [0.29, 0.717) is 23.9 Å². The van der Waals surface area contributed by atoms with Crippen molar-refractivity contribution in [2.45, 2.75) is 70.2 Å². The summed E-state index contributed by atoms with van der Waals surface area (Å²) >= 11 is 0. The third-order valence-corrected chi connectivity index (χ3v) is 17.6. The van der Waals surface area contributed by atoms with Crippen molar-refractivity contribution in [3.8, 4) is 5.75 Å². The molecule has 4 aliphatic rings. The van der Waals surface area contributed by atoms with Gasteiger partial charge >= 0.3 is 7.12 Å². The number of aromatic hydroxyl groups is 1. The number of fused-ring (bicyclic) bond motifs is 3. The van der Waals surface area contributed by atoms with Crippen molar-refractivity contribution in [2.75, 3.05) is 19.7 Å². The number of allylic oxidation sites excluding steroid dienone is 1. The van der Waals surface area contributed by atoms with Crippen molar-refractivity contribution in [2.24, 2.45) is 17.8 Å². The molecule has 8 rings (SSSR count). The number of benzene rings is 4. The third-order valence-electron chi connectivity index (χ3n) is 12.6. The molecule has 3 saturated heterocycles. The highest BCUT2D eigenvalue weighted by Crippen LogP contribution is 2.52. The first-order valence-corrected chi connectivity index (χ1v) is 21.8. The molecule has 0 unspecified atom stereocenters. The number of nitrogens with zero attached hydrogens (tertiary/aromatic N) is 2. The highest BCUT2D eigenvalue weighted by molar-refractivity contribution is 6.99. The molecule has 0 radical (unpaired) electrons. The number of hydrogen-bond acceptors (Lipinski definition) is 7. The summed E-state index contributed by atoms with van der Waals surface area (Å²) in [5.74, 6) is -3.44. The molecule has 4 atom stereocenters. The molecule has 1 aliphatic carbocycles. The Labute approximate surface area is 330 Å². The fourth-order valence-corrected chi connectivity index (χ4v) is 14.5. The number of imide groups is 1. The fraction of sp³-hybridized carbons (Fsp3) is 0.378. The molecule has 3 fully saturated rings. The van der Waals surface area contributed by atoms with Gasteiger partial charge in [0.15, 0.2) is 11.6 Å². The standard InChI is InChI=1S/C45H50BFN2O6Si/c1-45(2,3)56(34-15-9-5-10-16-34,35-17-11-6-12-18-35)54-29-32-25-37-41(36-27-40(55-46(53)42(32)36)31-19-20-39(50)38(47)26-31)44(52)49(43(37)51)33-21-23-48(24-22-33)28-30-13-7-4-8-14-30/h4-20,26,33,36-37,40-41,50,53H,21-25,27-29H2,1-3H3/t36-,37-,40-,41+/m0/s1. The Balaban J connectivity index is 1.13. The number of halogens is 1. The largest absolute Gasteiger partial charge is 0.505 e. The zero-order valence-electron chi connectivity index (χ0n) is 32.3. The molecule has 3 heterocycles. The number of piperidine rings is 1. The molecule has 4 aromatic rings. The summed E-state index contributed by atoms with van der Waals surface area (Å²) in [6.07, 6.45) is 1.17. The van der Waals surface area contributed by atoms with Gasteiger partial charge in [0.25, 0.3) is 8.32 Å². The number of hydrogen-bond donors (Lipinski definition) is 2.